The number of hydrogen-bond acceptors (Lipinski definition) is 2. The van der Waals surface area contributed by atoms with Gasteiger partial charge < -0.3 is 0 Å². The first-order valence-corrected chi connectivity index (χ1v) is 7.12. The molecule has 0 aromatic heterocycles. The van der Waals surface area contributed by atoms with Crippen LogP contribution in [0.1, 0.15) is 13.8 Å². The zero-order chi connectivity index (χ0) is 12.3. The Hall–Kier alpha value is -0.460. The molecule has 0 bridgehead atoms. The van der Waals surface area contributed by atoms with Gasteiger partial charge in [0, 0.05) is 13.1 Å². The van der Waals surface area contributed by atoms with Gasteiger partial charge in [-0.05, 0) is 34.1 Å². The first kappa shape index (κ1) is 13.6. The van der Waals surface area contributed by atoms with Crippen LogP contribution in [0.15, 0.2) is 27.6 Å². The van der Waals surface area contributed by atoms with Gasteiger partial charge in [0.2, 0.25) is 10.0 Å². The van der Waals surface area contributed by atoms with E-state index in [0.29, 0.717) is 13.1 Å². The van der Waals surface area contributed by atoms with Gasteiger partial charge in [-0.3, -0.25) is 0 Å². The van der Waals surface area contributed by atoms with E-state index in [1.807, 2.05) is 0 Å². The summed E-state index contributed by atoms with van der Waals surface area (Å²) in [4.78, 5) is -0.0168. The standard InChI is InChI=1S/C10H13BrFNO2S/c1-3-13(4-2)16(14,15)8-5-6-9(11)10(12)7-8/h5-7H,3-4H2,1-2H3. The molecule has 0 unspecified atom stereocenters. The van der Waals surface area contributed by atoms with Crippen LogP contribution in [0.5, 0.6) is 0 Å². The highest BCUT2D eigenvalue weighted by molar-refractivity contribution is 9.10. The number of hydrogen-bond donors (Lipinski definition) is 0. The molecule has 0 heterocycles. The lowest BCUT2D eigenvalue weighted by Crippen LogP contribution is -2.30. The van der Waals surface area contributed by atoms with E-state index in [0.717, 1.165) is 6.07 Å². The third kappa shape index (κ3) is 2.61. The second kappa shape index (κ2) is 5.25. The predicted octanol–water partition coefficient (Wildman–Crippen LogP) is 2.62. The van der Waals surface area contributed by atoms with Crippen molar-refractivity contribution in [3.63, 3.8) is 0 Å². The van der Waals surface area contributed by atoms with Crippen molar-refractivity contribution in [2.24, 2.45) is 0 Å². The number of sulfonamides is 1. The maximum Gasteiger partial charge on any atom is 0.243 e. The summed E-state index contributed by atoms with van der Waals surface area (Å²) >= 11 is 2.98. The fourth-order valence-corrected chi connectivity index (χ4v) is 3.07. The van der Waals surface area contributed by atoms with Crippen molar-refractivity contribution < 1.29 is 12.8 Å². The van der Waals surface area contributed by atoms with Crippen molar-refractivity contribution >= 4 is 26.0 Å². The van der Waals surface area contributed by atoms with Crippen LogP contribution in [0.25, 0.3) is 0 Å². The van der Waals surface area contributed by atoms with E-state index < -0.39 is 15.8 Å². The Balaban J connectivity index is 3.22. The molecule has 0 fully saturated rings. The maximum atomic E-state index is 13.3. The lowest BCUT2D eigenvalue weighted by molar-refractivity contribution is 0.444. The monoisotopic (exact) mass is 309 g/mol. The van der Waals surface area contributed by atoms with Crippen LogP contribution in [0, 0.1) is 5.82 Å². The molecular weight excluding hydrogens is 297 g/mol. The van der Waals surface area contributed by atoms with Crippen LogP contribution in [0.4, 0.5) is 4.39 Å². The summed E-state index contributed by atoms with van der Waals surface area (Å²) in [5.41, 5.74) is 0. The average Bonchev–Trinajstić information content (AvgIpc) is 2.23. The minimum absolute atomic E-state index is 0.0168. The van der Waals surface area contributed by atoms with Crippen LogP contribution in [-0.4, -0.2) is 25.8 Å². The molecule has 1 rings (SSSR count). The summed E-state index contributed by atoms with van der Waals surface area (Å²) in [5.74, 6) is -0.576. The molecule has 0 aliphatic rings. The van der Waals surface area contributed by atoms with E-state index in [1.54, 1.807) is 13.8 Å². The SMILES string of the molecule is CCN(CC)S(=O)(=O)c1ccc(Br)c(F)c1. The predicted molar refractivity (Wildman–Crippen MR) is 64.2 cm³/mol. The van der Waals surface area contributed by atoms with Gasteiger partial charge in [-0.25, -0.2) is 12.8 Å². The van der Waals surface area contributed by atoms with Gasteiger partial charge in [-0.2, -0.15) is 4.31 Å². The van der Waals surface area contributed by atoms with Crippen LogP contribution in [0.2, 0.25) is 0 Å². The second-order valence-corrected chi connectivity index (χ2v) is 5.96. The smallest absolute Gasteiger partial charge is 0.207 e. The minimum Gasteiger partial charge on any atom is -0.207 e. The highest BCUT2D eigenvalue weighted by Crippen LogP contribution is 2.21. The quantitative estimate of drug-likeness (QED) is 0.857. The van der Waals surface area contributed by atoms with Gasteiger partial charge in [-0.1, -0.05) is 13.8 Å². The van der Waals surface area contributed by atoms with Crippen molar-refractivity contribution in [1.82, 2.24) is 4.31 Å². The summed E-state index contributed by atoms with van der Waals surface area (Å²) in [7, 11) is -3.57. The van der Waals surface area contributed by atoms with Gasteiger partial charge in [0.1, 0.15) is 5.82 Å². The Morgan fingerprint density at radius 3 is 2.31 bits per heavy atom. The van der Waals surface area contributed by atoms with Gasteiger partial charge in [0.05, 0.1) is 9.37 Å². The van der Waals surface area contributed by atoms with Crippen LogP contribution in [-0.2, 0) is 10.0 Å². The van der Waals surface area contributed by atoms with Gasteiger partial charge in [-0.15, -0.1) is 0 Å². The molecule has 1 aromatic carbocycles. The van der Waals surface area contributed by atoms with Crippen LogP contribution in [0.3, 0.4) is 0 Å². The van der Waals surface area contributed by atoms with Crippen molar-refractivity contribution in [2.45, 2.75) is 18.7 Å². The molecule has 1 aromatic rings. The van der Waals surface area contributed by atoms with E-state index in [2.05, 4.69) is 15.9 Å². The number of halogens is 2. The summed E-state index contributed by atoms with van der Waals surface area (Å²) < 4.78 is 38.8. The van der Waals surface area contributed by atoms with Crippen molar-refractivity contribution in [1.29, 1.82) is 0 Å². The highest BCUT2D eigenvalue weighted by Gasteiger charge is 2.22. The number of nitrogens with zero attached hydrogens (tertiary/aromatic N) is 1. The van der Waals surface area contributed by atoms with Crippen molar-refractivity contribution in [3.05, 3.63) is 28.5 Å². The number of benzene rings is 1. The van der Waals surface area contributed by atoms with E-state index in [9.17, 15) is 12.8 Å². The fraction of sp³-hybridized carbons (Fsp3) is 0.400. The molecule has 0 amide bonds. The Kier molecular flexibility index (Phi) is 4.46. The molecule has 6 heteroatoms. The van der Waals surface area contributed by atoms with Crippen molar-refractivity contribution in [3.8, 4) is 0 Å². The Labute approximate surface area is 103 Å². The maximum absolute atomic E-state index is 13.3. The second-order valence-electron chi connectivity index (χ2n) is 3.17. The fourth-order valence-electron chi connectivity index (χ4n) is 1.35. The number of rotatable bonds is 4. The van der Waals surface area contributed by atoms with E-state index >= 15 is 0 Å². The third-order valence-electron chi connectivity index (χ3n) is 2.23. The summed E-state index contributed by atoms with van der Waals surface area (Å²) in [5, 5.41) is 0. The molecule has 16 heavy (non-hydrogen) atoms. The first-order valence-electron chi connectivity index (χ1n) is 4.88. The average molecular weight is 310 g/mol. The van der Waals surface area contributed by atoms with E-state index in [4.69, 9.17) is 0 Å². The molecule has 0 saturated carbocycles. The summed E-state index contributed by atoms with van der Waals surface area (Å²) in [6, 6.07) is 3.81. The Bertz CT molecular complexity index is 472. The molecule has 0 aliphatic heterocycles. The molecule has 3 nitrogen and oxygen atoms in total. The molecule has 0 aliphatic carbocycles. The largest absolute Gasteiger partial charge is 0.243 e. The normalized spacial score (nSPS) is 12.1. The molecular formula is C10H13BrFNO2S. The minimum atomic E-state index is -3.57. The van der Waals surface area contributed by atoms with Gasteiger partial charge in [0.25, 0.3) is 0 Å². The van der Waals surface area contributed by atoms with Gasteiger partial charge >= 0.3 is 0 Å². The Morgan fingerprint density at radius 2 is 1.88 bits per heavy atom. The summed E-state index contributed by atoms with van der Waals surface area (Å²) in [6.07, 6.45) is 0. The lowest BCUT2D eigenvalue weighted by atomic mass is 10.3. The lowest BCUT2D eigenvalue weighted by Gasteiger charge is -2.18. The highest BCUT2D eigenvalue weighted by atomic mass is 79.9. The van der Waals surface area contributed by atoms with Crippen molar-refractivity contribution in [2.75, 3.05) is 13.1 Å². The van der Waals surface area contributed by atoms with Gasteiger partial charge in [0.15, 0.2) is 0 Å². The van der Waals surface area contributed by atoms with E-state index in [1.165, 1.54) is 16.4 Å². The molecule has 90 valence electrons. The zero-order valence-electron chi connectivity index (χ0n) is 9.07. The third-order valence-corrected chi connectivity index (χ3v) is 4.92. The molecule has 0 radical (unpaired) electrons. The molecule has 0 N–H and O–H groups in total. The zero-order valence-corrected chi connectivity index (χ0v) is 11.5. The van der Waals surface area contributed by atoms with Crippen LogP contribution >= 0.6 is 15.9 Å². The molecule has 0 atom stereocenters. The topological polar surface area (TPSA) is 37.4 Å². The molecule has 0 spiro atoms. The first-order chi connectivity index (χ1) is 7.43. The molecule has 0 saturated heterocycles. The van der Waals surface area contributed by atoms with E-state index in [-0.39, 0.29) is 9.37 Å². The van der Waals surface area contributed by atoms with Crippen LogP contribution < -0.4 is 0 Å². The summed E-state index contributed by atoms with van der Waals surface area (Å²) in [6.45, 7) is 4.24. The Morgan fingerprint density at radius 1 is 1.31 bits per heavy atom.